The van der Waals surface area contributed by atoms with Gasteiger partial charge >= 0.3 is 0 Å². The molecule has 2 atom stereocenters. The zero-order valence-corrected chi connectivity index (χ0v) is 12.2. The zero-order chi connectivity index (χ0) is 11.5. The maximum absolute atomic E-state index is 2.57. The molecule has 0 saturated carbocycles. The fourth-order valence-corrected chi connectivity index (χ4v) is 14.2. The summed E-state index contributed by atoms with van der Waals surface area (Å²) in [5.41, 5.74) is 2.08. The summed E-state index contributed by atoms with van der Waals surface area (Å²) >= 11 is 0. The molecule has 86 valence electrons. The van der Waals surface area contributed by atoms with Gasteiger partial charge in [0.25, 0.3) is 0 Å². The molecular formula is C14H26Si. The Balaban J connectivity index is 2.42. The molecule has 1 aliphatic heterocycles. The average Bonchev–Trinajstić information content (AvgIpc) is 2.70. The van der Waals surface area contributed by atoms with E-state index in [0.717, 1.165) is 11.1 Å². The van der Waals surface area contributed by atoms with Crippen LogP contribution in [0.5, 0.6) is 0 Å². The molecule has 0 aromatic heterocycles. The highest BCUT2D eigenvalue weighted by atomic mass is 28.3. The fraction of sp³-hybridized carbons (Fsp3) is 0.857. The minimum Gasteiger partial charge on any atom is -0.0885 e. The Morgan fingerprint density at radius 2 is 1.53 bits per heavy atom. The van der Waals surface area contributed by atoms with Crippen molar-refractivity contribution in [3.8, 4) is 0 Å². The molecule has 0 aromatic rings. The molecule has 1 fully saturated rings. The second-order valence-electron chi connectivity index (χ2n) is 7.51. The van der Waals surface area contributed by atoms with Crippen molar-refractivity contribution in [1.82, 2.24) is 0 Å². The van der Waals surface area contributed by atoms with Gasteiger partial charge in [0, 0.05) is 0 Å². The molecule has 0 spiro atoms. The summed E-state index contributed by atoms with van der Waals surface area (Å²) in [7, 11) is -1.14. The van der Waals surface area contributed by atoms with Gasteiger partial charge < -0.3 is 0 Å². The van der Waals surface area contributed by atoms with Crippen molar-refractivity contribution >= 4 is 8.07 Å². The summed E-state index contributed by atoms with van der Waals surface area (Å²) in [5, 5.41) is 1.13. The highest BCUT2D eigenvalue weighted by Crippen LogP contribution is 2.80. The maximum Gasteiger partial charge on any atom is 0.0746 e. The molecule has 1 saturated heterocycles. The molecule has 2 aliphatic rings. The summed E-state index contributed by atoms with van der Waals surface area (Å²) in [5.74, 6) is 0. The van der Waals surface area contributed by atoms with E-state index in [-0.39, 0.29) is 0 Å². The lowest BCUT2D eigenvalue weighted by Crippen LogP contribution is -2.40. The van der Waals surface area contributed by atoms with Crippen LogP contribution in [0.2, 0.25) is 21.2 Å². The van der Waals surface area contributed by atoms with E-state index in [1.165, 1.54) is 12.8 Å². The van der Waals surface area contributed by atoms with Gasteiger partial charge in [-0.1, -0.05) is 53.7 Å². The maximum atomic E-state index is 2.57. The number of fused-ring (bicyclic) bond motifs is 1. The number of rotatable bonds is 0. The van der Waals surface area contributed by atoms with E-state index in [1.807, 2.05) is 0 Å². The van der Waals surface area contributed by atoms with Crippen molar-refractivity contribution in [2.24, 2.45) is 0 Å². The van der Waals surface area contributed by atoms with Gasteiger partial charge in [0.15, 0.2) is 0 Å². The van der Waals surface area contributed by atoms with Crippen LogP contribution in [-0.4, -0.2) is 8.07 Å². The first-order chi connectivity index (χ1) is 6.73. The number of hydrogen-bond donors (Lipinski definition) is 0. The van der Waals surface area contributed by atoms with Crippen LogP contribution in [0.1, 0.15) is 54.4 Å². The first kappa shape index (κ1) is 11.4. The normalized spacial score (nSPS) is 33.7. The topological polar surface area (TPSA) is 0 Å². The Morgan fingerprint density at radius 1 is 1.00 bits per heavy atom. The van der Waals surface area contributed by atoms with Gasteiger partial charge in [0.2, 0.25) is 0 Å². The van der Waals surface area contributed by atoms with Crippen molar-refractivity contribution in [3.63, 3.8) is 0 Å². The van der Waals surface area contributed by atoms with Crippen LogP contribution in [0.4, 0.5) is 0 Å². The van der Waals surface area contributed by atoms with Crippen LogP contribution >= 0.6 is 0 Å². The lowest BCUT2D eigenvalue weighted by atomic mass is 10.1. The SMILES string of the molecule is CC(C)(C)[Si]1(C(C)(C)C)C2C=CCCC21. The van der Waals surface area contributed by atoms with Crippen LogP contribution in [0.25, 0.3) is 0 Å². The van der Waals surface area contributed by atoms with Crippen LogP contribution in [0.3, 0.4) is 0 Å². The van der Waals surface area contributed by atoms with E-state index in [4.69, 9.17) is 0 Å². The summed E-state index contributed by atoms with van der Waals surface area (Å²) in [6, 6.07) is 0. The molecule has 2 rings (SSSR count). The fourth-order valence-electron chi connectivity index (χ4n) is 4.94. The Bertz CT molecular complexity index is 273. The summed E-state index contributed by atoms with van der Waals surface area (Å²) in [6.45, 7) is 15.0. The first-order valence-electron chi connectivity index (χ1n) is 6.39. The van der Waals surface area contributed by atoms with E-state index in [2.05, 4.69) is 53.7 Å². The Labute approximate surface area is 96.2 Å². The van der Waals surface area contributed by atoms with E-state index >= 15 is 0 Å². The largest absolute Gasteiger partial charge is 0.0885 e. The minimum atomic E-state index is -1.14. The number of allylic oxidation sites excluding steroid dienone is 2. The highest BCUT2D eigenvalue weighted by molar-refractivity contribution is 6.98. The van der Waals surface area contributed by atoms with Crippen molar-refractivity contribution in [3.05, 3.63) is 12.2 Å². The van der Waals surface area contributed by atoms with E-state index in [9.17, 15) is 0 Å². The quantitative estimate of drug-likeness (QED) is 0.393. The van der Waals surface area contributed by atoms with Gasteiger partial charge in [-0.05, 0) is 34.0 Å². The third-order valence-electron chi connectivity index (χ3n) is 4.90. The summed E-state index contributed by atoms with van der Waals surface area (Å²) < 4.78 is 0. The molecule has 0 bridgehead atoms. The Hall–Kier alpha value is -0.0431. The first-order valence-corrected chi connectivity index (χ1v) is 8.55. The van der Waals surface area contributed by atoms with Gasteiger partial charge in [-0.3, -0.25) is 0 Å². The van der Waals surface area contributed by atoms with Crippen molar-refractivity contribution < 1.29 is 0 Å². The number of hydrogen-bond acceptors (Lipinski definition) is 0. The van der Waals surface area contributed by atoms with Gasteiger partial charge in [-0.25, -0.2) is 0 Å². The molecule has 15 heavy (non-hydrogen) atoms. The zero-order valence-electron chi connectivity index (χ0n) is 11.2. The predicted octanol–water partition coefficient (Wildman–Crippen LogP) is 5.14. The lowest BCUT2D eigenvalue weighted by molar-refractivity contribution is 0.629. The second-order valence-corrected chi connectivity index (χ2v) is 13.7. The molecule has 0 aromatic carbocycles. The Morgan fingerprint density at radius 3 is 1.87 bits per heavy atom. The van der Waals surface area contributed by atoms with Gasteiger partial charge in [0.1, 0.15) is 0 Å². The molecule has 0 radical (unpaired) electrons. The van der Waals surface area contributed by atoms with Gasteiger partial charge in [-0.2, -0.15) is 0 Å². The monoisotopic (exact) mass is 222 g/mol. The third-order valence-corrected chi connectivity index (χ3v) is 12.9. The minimum absolute atomic E-state index is 0.565. The average molecular weight is 222 g/mol. The molecule has 1 heteroatoms. The van der Waals surface area contributed by atoms with E-state index in [0.29, 0.717) is 10.1 Å². The van der Waals surface area contributed by atoms with Crippen molar-refractivity contribution in [1.29, 1.82) is 0 Å². The van der Waals surface area contributed by atoms with E-state index in [1.54, 1.807) is 0 Å². The third kappa shape index (κ3) is 1.31. The van der Waals surface area contributed by atoms with Crippen LogP contribution < -0.4 is 0 Å². The Kier molecular flexibility index (Phi) is 2.29. The van der Waals surface area contributed by atoms with Crippen LogP contribution in [0, 0.1) is 0 Å². The predicted molar refractivity (Wildman–Crippen MR) is 71.1 cm³/mol. The van der Waals surface area contributed by atoms with Crippen molar-refractivity contribution in [2.45, 2.75) is 75.5 Å². The molecule has 1 heterocycles. The molecular weight excluding hydrogens is 196 g/mol. The summed E-state index contributed by atoms with van der Waals surface area (Å²) in [6.07, 6.45) is 7.81. The molecule has 0 nitrogen and oxygen atoms in total. The van der Waals surface area contributed by atoms with Crippen LogP contribution in [0.15, 0.2) is 12.2 Å². The smallest absolute Gasteiger partial charge is 0.0746 e. The van der Waals surface area contributed by atoms with Gasteiger partial charge in [0.05, 0.1) is 8.07 Å². The molecule has 1 aliphatic carbocycles. The molecule has 0 amide bonds. The lowest BCUT2D eigenvalue weighted by Gasteiger charge is -2.42. The van der Waals surface area contributed by atoms with Crippen molar-refractivity contribution in [2.75, 3.05) is 0 Å². The van der Waals surface area contributed by atoms with Crippen LogP contribution in [-0.2, 0) is 0 Å². The second kappa shape index (κ2) is 3.00. The molecule has 0 N–H and O–H groups in total. The molecule has 2 unspecified atom stereocenters. The summed E-state index contributed by atoms with van der Waals surface area (Å²) in [4.78, 5) is 0. The highest BCUT2D eigenvalue weighted by Gasteiger charge is 2.74. The van der Waals surface area contributed by atoms with E-state index < -0.39 is 8.07 Å². The van der Waals surface area contributed by atoms with Gasteiger partial charge in [-0.15, -0.1) is 0 Å². The standard InChI is InChI=1S/C14H26Si/c1-13(2,3)15(14(4,5)6)11-9-7-8-10-12(11)15/h7,9,11-12H,8,10H2,1-6H3.